The van der Waals surface area contributed by atoms with Gasteiger partial charge in [0.2, 0.25) is 0 Å². The molecule has 1 saturated heterocycles. The van der Waals surface area contributed by atoms with Gasteiger partial charge in [-0.2, -0.15) is 5.10 Å². The Kier molecular flexibility index (Phi) is 4.80. The molecule has 0 bridgehead atoms. The van der Waals surface area contributed by atoms with Crippen molar-refractivity contribution in [1.29, 1.82) is 0 Å². The smallest absolute Gasteiger partial charge is 0.254 e. The molecule has 7 heteroatoms. The lowest BCUT2D eigenvalue weighted by molar-refractivity contribution is -0.126. The van der Waals surface area contributed by atoms with Crippen LogP contribution in [0.4, 0.5) is 5.13 Å². The van der Waals surface area contributed by atoms with E-state index in [0.29, 0.717) is 18.0 Å². The molecule has 2 N–H and O–H groups in total. The largest absolute Gasteiger partial charge is 0.317 e. The third-order valence-corrected chi connectivity index (χ3v) is 6.08. The first kappa shape index (κ1) is 17.9. The molecule has 0 saturated carbocycles. The Morgan fingerprint density at radius 3 is 2.78 bits per heavy atom. The fourth-order valence-electron chi connectivity index (χ4n) is 3.50. The molecular weight excluding hydrogens is 358 g/mol. The number of carbonyl (C=O) groups excluding carboxylic acids is 1. The van der Waals surface area contributed by atoms with E-state index in [1.807, 2.05) is 17.6 Å². The number of piperidine rings is 1. The first-order chi connectivity index (χ1) is 13.1. The Morgan fingerprint density at radius 1 is 1.26 bits per heavy atom. The first-order valence-corrected chi connectivity index (χ1v) is 10.0. The Labute approximate surface area is 162 Å². The van der Waals surface area contributed by atoms with Crippen molar-refractivity contribution in [3.05, 3.63) is 53.2 Å². The maximum Gasteiger partial charge on any atom is 0.254 e. The van der Waals surface area contributed by atoms with Crippen molar-refractivity contribution in [3.8, 4) is 11.3 Å². The minimum atomic E-state index is -0.666. The van der Waals surface area contributed by atoms with Crippen LogP contribution in [0.1, 0.15) is 24.0 Å². The van der Waals surface area contributed by atoms with Gasteiger partial charge in [0.25, 0.3) is 5.91 Å². The topological polar surface area (TPSA) is 71.8 Å². The van der Waals surface area contributed by atoms with Gasteiger partial charge in [-0.25, -0.2) is 4.98 Å². The highest BCUT2D eigenvalue weighted by atomic mass is 32.1. The second kappa shape index (κ2) is 7.25. The number of hydrogen-bond donors (Lipinski definition) is 2. The first-order valence-electron chi connectivity index (χ1n) is 9.14. The van der Waals surface area contributed by atoms with E-state index in [0.717, 1.165) is 24.3 Å². The zero-order chi connectivity index (χ0) is 18.9. The van der Waals surface area contributed by atoms with Crippen LogP contribution in [0.3, 0.4) is 0 Å². The predicted molar refractivity (Wildman–Crippen MR) is 108 cm³/mol. The predicted octanol–water partition coefficient (Wildman–Crippen LogP) is 3.34. The molecule has 140 valence electrons. The number of aromatic nitrogens is 3. The maximum absolute atomic E-state index is 13.2. The fraction of sp³-hybridized carbons (Fsp3) is 0.350. The number of nitrogens with one attached hydrogen (secondary N) is 2. The summed E-state index contributed by atoms with van der Waals surface area (Å²) in [5.41, 5.74) is 3.78. The van der Waals surface area contributed by atoms with Crippen molar-refractivity contribution in [1.82, 2.24) is 20.1 Å². The van der Waals surface area contributed by atoms with Gasteiger partial charge in [-0.05, 0) is 63.0 Å². The summed E-state index contributed by atoms with van der Waals surface area (Å²) >= 11 is 1.45. The van der Waals surface area contributed by atoms with Crippen molar-refractivity contribution in [2.24, 2.45) is 0 Å². The van der Waals surface area contributed by atoms with Gasteiger partial charge in [-0.1, -0.05) is 12.1 Å². The number of thiazole rings is 1. The molecular formula is C20H23N5OS. The highest BCUT2D eigenvalue weighted by molar-refractivity contribution is 7.14. The molecule has 1 aliphatic heterocycles. The van der Waals surface area contributed by atoms with Gasteiger partial charge in [-0.3, -0.25) is 14.8 Å². The molecule has 27 heavy (non-hydrogen) atoms. The molecule has 4 rings (SSSR count). The van der Waals surface area contributed by atoms with Gasteiger partial charge < -0.3 is 5.32 Å². The third-order valence-electron chi connectivity index (χ3n) is 5.32. The van der Waals surface area contributed by atoms with E-state index in [9.17, 15) is 4.79 Å². The Bertz CT molecular complexity index is 941. The second-order valence-electron chi connectivity index (χ2n) is 7.02. The Balaban J connectivity index is 1.57. The van der Waals surface area contributed by atoms with Crippen LogP contribution in [0, 0.1) is 13.8 Å². The van der Waals surface area contributed by atoms with Crippen LogP contribution in [0.15, 0.2) is 42.0 Å². The van der Waals surface area contributed by atoms with Crippen molar-refractivity contribution < 1.29 is 4.79 Å². The van der Waals surface area contributed by atoms with Gasteiger partial charge in [0.1, 0.15) is 5.54 Å². The summed E-state index contributed by atoms with van der Waals surface area (Å²) in [4.78, 5) is 17.8. The summed E-state index contributed by atoms with van der Waals surface area (Å²) < 4.78 is 1.79. The number of hydrogen-bond acceptors (Lipinski definition) is 5. The van der Waals surface area contributed by atoms with Crippen molar-refractivity contribution in [2.45, 2.75) is 32.2 Å². The van der Waals surface area contributed by atoms with E-state index >= 15 is 0 Å². The third kappa shape index (κ3) is 3.40. The lowest BCUT2D eigenvalue weighted by Crippen LogP contribution is -2.52. The molecule has 6 nitrogen and oxygen atoms in total. The van der Waals surface area contributed by atoms with Crippen LogP contribution in [0.25, 0.3) is 11.3 Å². The van der Waals surface area contributed by atoms with E-state index in [1.165, 1.54) is 22.5 Å². The zero-order valence-electron chi connectivity index (χ0n) is 15.5. The number of benzene rings is 1. The standard InChI is InChI=1S/C20H23N5OS/c1-14-4-5-16(12-15(14)2)17-13-27-19(23-17)24-18(26)20(6-9-21-10-7-20)25-11-3-8-22-25/h3-5,8,11-13,21H,6-7,9-10H2,1-2H3,(H,23,24,26). The summed E-state index contributed by atoms with van der Waals surface area (Å²) in [5, 5.41) is 13.3. The normalized spacial score (nSPS) is 16.2. The number of rotatable bonds is 4. The molecule has 0 atom stereocenters. The minimum Gasteiger partial charge on any atom is -0.317 e. The van der Waals surface area contributed by atoms with Gasteiger partial charge >= 0.3 is 0 Å². The van der Waals surface area contributed by atoms with Gasteiger partial charge in [0.15, 0.2) is 5.13 Å². The van der Waals surface area contributed by atoms with Crippen LogP contribution in [0.2, 0.25) is 0 Å². The van der Waals surface area contributed by atoms with Crippen LogP contribution in [0.5, 0.6) is 0 Å². The molecule has 3 aromatic rings. The van der Waals surface area contributed by atoms with Gasteiger partial charge in [-0.15, -0.1) is 11.3 Å². The van der Waals surface area contributed by atoms with E-state index < -0.39 is 5.54 Å². The Morgan fingerprint density at radius 2 is 2.07 bits per heavy atom. The van der Waals surface area contributed by atoms with Crippen LogP contribution in [-0.2, 0) is 10.3 Å². The molecule has 0 unspecified atom stereocenters. The van der Waals surface area contributed by atoms with Crippen molar-refractivity contribution >= 4 is 22.4 Å². The number of carbonyl (C=O) groups is 1. The molecule has 3 heterocycles. The number of anilines is 1. The number of amides is 1. The van der Waals surface area contributed by atoms with E-state index in [4.69, 9.17) is 0 Å². The zero-order valence-corrected chi connectivity index (χ0v) is 16.3. The summed E-state index contributed by atoms with van der Waals surface area (Å²) in [6.45, 7) is 5.77. The molecule has 1 aliphatic rings. The average molecular weight is 382 g/mol. The SMILES string of the molecule is Cc1ccc(-c2csc(NC(=O)C3(n4cccn4)CCNCC3)n2)cc1C. The fourth-order valence-corrected chi connectivity index (χ4v) is 4.22. The number of aryl methyl sites for hydroxylation is 2. The van der Waals surface area contributed by atoms with Crippen LogP contribution >= 0.6 is 11.3 Å². The van der Waals surface area contributed by atoms with Crippen molar-refractivity contribution in [2.75, 3.05) is 18.4 Å². The van der Waals surface area contributed by atoms with Crippen LogP contribution in [-0.4, -0.2) is 33.8 Å². The van der Waals surface area contributed by atoms with Gasteiger partial charge in [0.05, 0.1) is 5.69 Å². The number of nitrogens with zero attached hydrogens (tertiary/aromatic N) is 3. The van der Waals surface area contributed by atoms with Crippen molar-refractivity contribution in [3.63, 3.8) is 0 Å². The monoisotopic (exact) mass is 381 g/mol. The second-order valence-corrected chi connectivity index (χ2v) is 7.88. The van der Waals surface area contributed by atoms with E-state index in [2.05, 4.69) is 52.8 Å². The van der Waals surface area contributed by atoms with E-state index in [1.54, 1.807) is 10.9 Å². The molecule has 0 radical (unpaired) electrons. The summed E-state index contributed by atoms with van der Waals surface area (Å²) in [7, 11) is 0. The molecule has 2 aromatic heterocycles. The lowest BCUT2D eigenvalue weighted by Gasteiger charge is -2.36. The molecule has 0 aliphatic carbocycles. The summed E-state index contributed by atoms with van der Waals surface area (Å²) in [5.74, 6) is -0.0475. The van der Waals surface area contributed by atoms with Gasteiger partial charge in [0, 0.05) is 23.3 Å². The molecule has 1 fully saturated rings. The average Bonchev–Trinajstić information content (AvgIpc) is 3.37. The highest BCUT2D eigenvalue weighted by Gasteiger charge is 2.42. The lowest BCUT2D eigenvalue weighted by atomic mass is 9.87. The quantitative estimate of drug-likeness (QED) is 0.727. The molecule has 1 aromatic carbocycles. The molecule has 0 spiro atoms. The van der Waals surface area contributed by atoms with E-state index in [-0.39, 0.29) is 5.91 Å². The Hall–Kier alpha value is -2.51. The molecule has 1 amide bonds. The highest BCUT2D eigenvalue weighted by Crippen LogP contribution is 2.31. The summed E-state index contributed by atoms with van der Waals surface area (Å²) in [6.07, 6.45) is 5.00. The maximum atomic E-state index is 13.2. The summed E-state index contributed by atoms with van der Waals surface area (Å²) in [6, 6.07) is 8.16. The van der Waals surface area contributed by atoms with Crippen LogP contribution < -0.4 is 10.6 Å². The minimum absolute atomic E-state index is 0.0475.